The van der Waals surface area contributed by atoms with Crippen molar-refractivity contribution in [2.24, 2.45) is 5.41 Å². The van der Waals surface area contributed by atoms with E-state index in [1.165, 1.54) is 48.8 Å². The second kappa shape index (κ2) is 6.13. The summed E-state index contributed by atoms with van der Waals surface area (Å²) < 4.78 is 5.67. The van der Waals surface area contributed by atoms with Gasteiger partial charge in [0.2, 0.25) is 0 Å². The van der Waals surface area contributed by atoms with Gasteiger partial charge in [0.25, 0.3) is 0 Å². The van der Waals surface area contributed by atoms with Crippen LogP contribution in [0.1, 0.15) is 65.5 Å². The molecule has 136 valence electrons. The average molecular weight is 348 g/mol. The van der Waals surface area contributed by atoms with E-state index in [-0.39, 0.29) is 0 Å². The van der Waals surface area contributed by atoms with Gasteiger partial charge >= 0.3 is 0 Å². The minimum atomic E-state index is 0.395. The van der Waals surface area contributed by atoms with Gasteiger partial charge in [-0.05, 0) is 97.2 Å². The first-order valence-corrected chi connectivity index (χ1v) is 10.2. The van der Waals surface area contributed by atoms with E-state index in [9.17, 15) is 0 Å². The summed E-state index contributed by atoms with van der Waals surface area (Å²) in [5.74, 6) is 1.74. The van der Waals surface area contributed by atoms with Gasteiger partial charge in [-0.25, -0.2) is 0 Å². The Morgan fingerprint density at radius 2 is 1.88 bits per heavy atom. The molecule has 0 radical (unpaired) electrons. The molecule has 2 aromatic rings. The second-order valence-corrected chi connectivity index (χ2v) is 8.53. The number of aryl methyl sites for hydroxylation is 2. The summed E-state index contributed by atoms with van der Waals surface area (Å²) in [6.45, 7) is 3.26. The maximum atomic E-state index is 5.67. The molecular weight excluding hydrogens is 318 g/mol. The van der Waals surface area contributed by atoms with Crippen LogP contribution < -0.4 is 10.1 Å². The summed E-state index contributed by atoms with van der Waals surface area (Å²) in [4.78, 5) is 0. The van der Waals surface area contributed by atoms with E-state index in [2.05, 4.69) is 48.6 Å². The first-order chi connectivity index (χ1) is 12.7. The van der Waals surface area contributed by atoms with Crippen molar-refractivity contribution in [3.63, 3.8) is 0 Å². The number of nitrogens with one attached hydrogen (secondary N) is 1. The topological polar surface area (TPSA) is 21.3 Å². The van der Waals surface area contributed by atoms with Crippen LogP contribution in [0.25, 0.3) is 0 Å². The normalized spacial score (nSPS) is 25.9. The van der Waals surface area contributed by atoms with E-state index in [0.717, 1.165) is 18.7 Å². The van der Waals surface area contributed by atoms with E-state index in [1.54, 1.807) is 18.2 Å². The predicted octanol–water partition coefficient (Wildman–Crippen LogP) is 5.09. The molecule has 5 rings (SSSR count). The smallest absolute Gasteiger partial charge is 0.122 e. The predicted molar refractivity (Wildman–Crippen MR) is 106 cm³/mol. The molecule has 2 aromatic carbocycles. The Morgan fingerprint density at radius 3 is 2.69 bits per heavy atom. The van der Waals surface area contributed by atoms with Gasteiger partial charge in [-0.15, -0.1) is 0 Å². The largest absolute Gasteiger partial charge is 0.496 e. The summed E-state index contributed by atoms with van der Waals surface area (Å²) in [6.07, 6.45) is 7.75. The molecule has 0 amide bonds. The number of fused-ring (bicyclic) bond motifs is 2. The van der Waals surface area contributed by atoms with Crippen LogP contribution in [0, 0.1) is 12.3 Å². The summed E-state index contributed by atoms with van der Waals surface area (Å²) in [7, 11) is 1.80. The SMILES string of the molecule is COc1cc2c(cc1C)CCNC2C1(C2CCCc3ccccc32)CC1. The Balaban J connectivity index is 1.58. The Hall–Kier alpha value is -1.80. The van der Waals surface area contributed by atoms with Crippen LogP contribution in [0.5, 0.6) is 5.75 Å². The van der Waals surface area contributed by atoms with E-state index in [4.69, 9.17) is 4.74 Å². The van der Waals surface area contributed by atoms with Crippen LogP contribution in [0.2, 0.25) is 0 Å². The molecule has 3 aliphatic rings. The third kappa shape index (κ3) is 2.42. The lowest BCUT2D eigenvalue weighted by molar-refractivity contribution is 0.251. The second-order valence-electron chi connectivity index (χ2n) is 8.53. The molecule has 2 unspecified atom stereocenters. The molecule has 2 atom stereocenters. The van der Waals surface area contributed by atoms with Crippen LogP contribution in [0.4, 0.5) is 0 Å². The van der Waals surface area contributed by atoms with Crippen LogP contribution in [0.3, 0.4) is 0 Å². The first kappa shape index (κ1) is 16.4. The highest BCUT2D eigenvalue weighted by molar-refractivity contribution is 5.47. The van der Waals surface area contributed by atoms with E-state index in [1.807, 2.05) is 0 Å². The van der Waals surface area contributed by atoms with E-state index < -0.39 is 0 Å². The summed E-state index contributed by atoms with van der Waals surface area (Å²) >= 11 is 0. The lowest BCUT2D eigenvalue weighted by atomic mass is 9.68. The zero-order valence-corrected chi connectivity index (χ0v) is 16.0. The van der Waals surface area contributed by atoms with Crippen molar-refractivity contribution in [3.8, 4) is 5.75 Å². The van der Waals surface area contributed by atoms with Crippen molar-refractivity contribution in [2.75, 3.05) is 13.7 Å². The van der Waals surface area contributed by atoms with Crippen LogP contribution in [-0.2, 0) is 12.8 Å². The van der Waals surface area contributed by atoms with E-state index in [0.29, 0.717) is 17.4 Å². The standard InChI is InChI=1S/C24H29NO/c1-16-14-18-10-13-25-23(20(18)15-22(16)26-2)24(11-12-24)21-9-5-7-17-6-3-4-8-19(17)21/h3-4,6,8,14-15,21,23,25H,5,7,9-13H2,1-2H3. The molecule has 2 heteroatoms. The Morgan fingerprint density at radius 1 is 1.04 bits per heavy atom. The zero-order chi connectivity index (χ0) is 17.7. The molecule has 0 bridgehead atoms. The van der Waals surface area contributed by atoms with E-state index >= 15 is 0 Å². The van der Waals surface area contributed by atoms with Crippen molar-refractivity contribution < 1.29 is 4.74 Å². The molecule has 1 N–H and O–H groups in total. The number of hydrogen-bond acceptors (Lipinski definition) is 2. The van der Waals surface area contributed by atoms with Gasteiger partial charge in [-0.2, -0.15) is 0 Å². The fraction of sp³-hybridized carbons (Fsp3) is 0.500. The molecular formula is C24H29NO. The molecule has 1 fully saturated rings. The molecule has 0 saturated heterocycles. The molecule has 1 saturated carbocycles. The summed E-state index contributed by atoms with van der Waals surface area (Å²) in [5.41, 5.74) is 7.91. The molecule has 2 aliphatic carbocycles. The van der Waals surface area contributed by atoms with Crippen LogP contribution >= 0.6 is 0 Å². The number of methoxy groups -OCH3 is 1. The molecule has 0 aromatic heterocycles. The zero-order valence-electron chi connectivity index (χ0n) is 16.0. The Bertz CT molecular complexity index is 836. The van der Waals surface area contributed by atoms with Gasteiger partial charge in [0.15, 0.2) is 0 Å². The van der Waals surface area contributed by atoms with Crippen molar-refractivity contribution in [1.29, 1.82) is 0 Å². The molecule has 2 nitrogen and oxygen atoms in total. The maximum absolute atomic E-state index is 5.67. The monoisotopic (exact) mass is 347 g/mol. The molecule has 26 heavy (non-hydrogen) atoms. The summed E-state index contributed by atoms with van der Waals surface area (Å²) in [5, 5.41) is 3.92. The Labute approximate surface area is 157 Å². The number of hydrogen-bond donors (Lipinski definition) is 1. The minimum absolute atomic E-state index is 0.395. The van der Waals surface area contributed by atoms with Crippen molar-refractivity contribution in [2.45, 2.75) is 57.4 Å². The fourth-order valence-electron chi connectivity index (χ4n) is 5.78. The molecule has 1 heterocycles. The lowest BCUT2D eigenvalue weighted by Gasteiger charge is -2.41. The van der Waals surface area contributed by atoms with Gasteiger partial charge in [-0.3, -0.25) is 0 Å². The summed E-state index contributed by atoms with van der Waals surface area (Å²) in [6, 6.07) is 14.4. The quantitative estimate of drug-likeness (QED) is 0.835. The van der Waals surface area contributed by atoms with Crippen LogP contribution in [-0.4, -0.2) is 13.7 Å². The number of benzene rings is 2. The number of ether oxygens (including phenoxy) is 1. The van der Waals surface area contributed by atoms with Gasteiger partial charge in [0.1, 0.15) is 5.75 Å². The molecule has 1 aliphatic heterocycles. The van der Waals surface area contributed by atoms with Crippen molar-refractivity contribution in [3.05, 3.63) is 64.2 Å². The first-order valence-electron chi connectivity index (χ1n) is 10.2. The average Bonchev–Trinajstić information content (AvgIpc) is 3.48. The highest BCUT2D eigenvalue weighted by Crippen LogP contribution is 2.66. The maximum Gasteiger partial charge on any atom is 0.122 e. The lowest BCUT2D eigenvalue weighted by Crippen LogP contribution is -2.39. The van der Waals surface area contributed by atoms with Gasteiger partial charge in [0, 0.05) is 6.04 Å². The fourth-order valence-corrected chi connectivity index (χ4v) is 5.78. The minimum Gasteiger partial charge on any atom is -0.496 e. The molecule has 0 spiro atoms. The highest BCUT2D eigenvalue weighted by atomic mass is 16.5. The third-order valence-corrected chi connectivity index (χ3v) is 7.18. The highest BCUT2D eigenvalue weighted by Gasteiger charge is 2.56. The van der Waals surface area contributed by atoms with Crippen LogP contribution in [0.15, 0.2) is 36.4 Å². The Kier molecular flexibility index (Phi) is 3.86. The number of rotatable bonds is 3. The van der Waals surface area contributed by atoms with Gasteiger partial charge in [-0.1, -0.05) is 30.3 Å². The van der Waals surface area contributed by atoms with Gasteiger partial charge in [0.05, 0.1) is 7.11 Å². The van der Waals surface area contributed by atoms with Crippen molar-refractivity contribution >= 4 is 0 Å². The van der Waals surface area contributed by atoms with Crippen molar-refractivity contribution in [1.82, 2.24) is 5.32 Å². The third-order valence-electron chi connectivity index (χ3n) is 7.18. The van der Waals surface area contributed by atoms with Gasteiger partial charge < -0.3 is 10.1 Å².